The average Bonchev–Trinajstić information content (AvgIpc) is 2.73. The van der Waals surface area contributed by atoms with E-state index >= 15 is 0 Å². The summed E-state index contributed by atoms with van der Waals surface area (Å²) in [4.78, 5) is 6.90. The molecule has 0 amide bonds. The first kappa shape index (κ1) is 12.5. The molecule has 5 heteroatoms. The maximum atomic E-state index is 5.61. The zero-order valence-electron chi connectivity index (χ0n) is 11.1. The van der Waals surface area contributed by atoms with Crippen LogP contribution in [0, 0.1) is 0 Å². The Kier molecular flexibility index (Phi) is 3.79. The van der Waals surface area contributed by atoms with Gasteiger partial charge in [-0.1, -0.05) is 13.8 Å². The van der Waals surface area contributed by atoms with E-state index in [4.69, 9.17) is 4.74 Å². The highest BCUT2D eigenvalue weighted by atomic mass is 16.5. The fraction of sp³-hybridized carbons (Fsp3) is 0.833. The molecule has 0 spiro atoms. The van der Waals surface area contributed by atoms with Crippen LogP contribution >= 0.6 is 0 Å². The lowest BCUT2D eigenvalue weighted by Crippen LogP contribution is -2.47. The standard InChI is InChI=1S/C12H22N4O/c1-8(2)12-13-11(14-15-12)7-16-5-6-17-10(4)9(16)3/h8-10H,5-7H2,1-4H3,(H,13,14,15). The van der Waals surface area contributed by atoms with Crippen molar-refractivity contribution >= 4 is 0 Å². The Morgan fingerprint density at radius 3 is 2.88 bits per heavy atom. The molecule has 96 valence electrons. The molecule has 0 saturated carbocycles. The summed E-state index contributed by atoms with van der Waals surface area (Å²) in [7, 11) is 0. The molecule has 2 rings (SSSR count). The van der Waals surface area contributed by atoms with Crippen molar-refractivity contribution in [3.63, 3.8) is 0 Å². The van der Waals surface area contributed by atoms with E-state index in [9.17, 15) is 0 Å². The third kappa shape index (κ3) is 2.84. The monoisotopic (exact) mass is 238 g/mol. The molecule has 0 aromatic carbocycles. The smallest absolute Gasteiger partial charge is 0.153 e. The Morgan fingerprint density at radius 1 is 1.47 bits per heavy atom. The molecule has 2 unspecified atom stereocenters. The van der Waals surface area contributed by atoms with E-state index in [1.807, 2.05) is 0 Å². The number of hydrogen-bond acceptors (Lipinski definition) is 4. The fourth-order valence-corrected chi connectivity index (χ4v) is 2.05. The Hall–Kier alpha value is -0.940. The van der Waals surface area contributed by atoms with Gasteiger partial charge in [0, 0.05) is 18.5 Å². The van der Waals surface area contributed by atoms with Crippen LogP contribution in [0.5, 0.6) is 0 Å². The van der Waals surface area contributed by atoms with Crippen molar-refractivity contribution in [1.82, 2.24) is 20.1 Å². The van der Waals surface area contributed by atoms with E-state index in [1.54, 1.807) is 0 Å². The summed E-state index contributed by atoms with van der Waals surface area (Å²) in [6, 6.07) is 0.427. The SMILES string of the molecule is CC(C)c1n[nH]c(CN2CCOC(C)C2C)n1. The summed E-state index contributed by atoms with van der Waals surface area (Å²) in [6.07, 6.45) is 0.288. The number of ether oxygens (including phenoxy) is 1. The maximum absolute atomic E-state index is 5.61. The number of morpholine rings is 1. The van der Waals surface area contributed by atoms with Crippen molar-refractivity contribution in [3.8, 4) is 0 Å². The number of hydrogen-bond donors (Lipinski definition) is 1. The summed E-state index contributed by atoms with van der Waals surface area (Å²) in [5, 5.41) is 7.26. The fourth-order valence-electron chi connectivity index (χ4n) is 2.05. The molecule has 17 heavy (non-hydrogen) atoms. The van der Waals surface area contributed by atoms with Crippen molar-refractivity contribution < 1.29 is 4.74 Å². The van der Waals surface area contributed by atoms with E-state index in [0.29, 0.717) is 12.0 Å². The first-order valence-corrected chi connectivity index (χ1v) is 6.34. The third-order valence-electron chi connectivity index (χ3n) is 3.43. The van der Waals surface area contributed by atoms with Crippen molar-refractivity contribution in [1.29, 1.82) is 0 Å². The van der Waals surface area contributed by atoms with Gasteiger partial charge in [-0.3, -0.25) is 10.00 Å². The molecule has 1 aromatic rings. The Morgan fingerprint density at radius 2 is 2.24 bits per heavy atom. The number of rotatable bonds is 3. The van der Waals surface area contributed by atoms with Gasteiger partial charge in [-0.15, -0.1) is 0 Å². The maximum Gasteiger partial charge on any atom is 0.153 e. The number of nitrogens with zero attached hydrogens (tertiary/aromatic N) is 3. The molecule has 1 fully saturated rings. The zero-order chi connectivity index (χ0) is 12.4. The molecular weight excluding hydrogens is 216 g/mol. The lowest BCUT2D eigenvalue weighted by atomic mass is 10.1. The van der Waals surface area contributed by atoms with Crippen LogP contribution in [0.25, 0.3) is 0 Å². The largest absolute Gasteiger partial charge is 0.376 e. The molecule has 0 bridgehead atoms. The van der Waals surface area contributed by atoms with Gasteiger partial charge in [0.2, 0.25) is 0 Å². The topological polar surface area (TPSA) is 54.0 Å². The van der Waals surface area contributed by atoms with E-state index in [2.05, 4.69) is 47.8 Å². The van der Waals surface area contributed by atoms with E-state index in [1.165, 1.54) is 0 Å². The van der Waals surface area contributed by atoms with Crippen LogP contribution in [0.2, 0.25) is 0 Å². The predicted octanol–water partition coefficient (Wildman–Crippen LogP) is 1.54. The number of aromatic nitrogens is 3. The first-order valence-electron chi connectivity index (χ1n) is 6.34. The molecule has 1 N–H and O–H groups in total. The lowest BCUT2D eigenvalue weighted by molar-refractivity contribution is -0.0592. The molecule has 1 saturated heterocycles. The summed E-state index contributed by atoms with van der Waals surface area (Å²) < 4.78 is 5.61. The second kappa shape index (κ2) is 5.14. The second-order valence-corrected chi connectivity index (χ2v) is 5.08. The van der Waals surface area contributed by atoms with Gasteiger partial charge in [0.05, 0.1) is 19.3 Å². The second-order valence-electron chi connectivity index (χ2n) is 5.08. The molecule has 1 aliphatic heterocycles. The summed E-state index contributed by atoms with van der Waals surface area (Å²) in [5.41, 5.74) is 0. The minimum absolute atomic E-state index is 0.288. The number of H-pyrrole nitrogens is 1. The van der Waals surface area contributed by atoms with Crippen molar-refractivity contribution in [3.05, 3.63) is 11.6 Å². The van der Waals surface area contributed by atoms with Gasteiger partial charge in [-0.25, -0.2) is 4.98 Å². The Bertz CT molecular complexity index is 363. The third-order valence-corrected chi connectivity index (χ3v) is 3.43. The quantitative estimate of drug-likeness (QED) is 0.868. The first-order chi connectivity index (χ1) is 8.08. The van der Waals surface area contributed by atoms with E-state index < -0.39 is 0 Å². The van der Waals surface area contributed by atoms with Gasteiger partial charge in [0.25, 0.3) is 0 Å². The van der Waals surface area contributed by atoms with Gasteiger partial charge in [0.15, 0.2) is 5.82 Å². The van der Waals surface area contributed by atoms with Crippen LogP contribution in [-0.4, -0.2) is 45.4 Å². The van der Waals surface area contributed by atoms with Gasteiger partial charge < -0.3 is 4.74 Å². The van der Waals surface area contributed by atoms with Crippen LogP contribution in [0.1, 0.15) is 45.3 Å². The zero-order valence-corrected chi connectivity index (χ0v) is 11.1. The molecule has 2 atom stereocenters. The van der Waals surface area contributed by atoms with Gasteiger partial charge in [0.1, 0.15) is 5.82 Å². The normalized spacial score (nSPS) is 26.6. The molecule has 0 radical (unpaired) electrons. The average molecular weight is 238 g/mol. The highest BCUT2D eigenvalue weighted by Crippen LogP contribution is 2.16. The van der Waals surface area contributed by atoms with Gasteiger partial charge >= 0.3 is 0 Å². The summed E-state index contributed by atoms with van der Waals surface area (Å²) >= 11 is 0. The Balaban J connectivity index is 1.99. The summed E-state index contributed by atoms with van der Waals surface area (Å²) in [6.45, 7) is 11.1. The Labute approximate surface area is 103 Å². The highest BCUT2D eigenvalue weighted by molar-refractivity contribution is 4.95. The lowest BCUT2D eigenvalue weighted by Gasteiger charge is -2.37. The molecule has 0 aliphatic carbocycles. The van der Waals surface area contributed by atoms with Crippen LogP contribution in [0.15, 0.2) is 0 Å². The molecular formula is C12H22N4O. The molecule has 5 nitrogen and oxygen atoms in total. The van der Waals surface area contributed by atoms with E-state index in [0.717, 1.165) is 31.3 Å². The minimum atomic E-state index is 0.288. The van der Waals surface area contributed by atoms with Gasteiger partial charge in [-0.05, 0) is 13.8 Å². The molecule has 1 aliphatic rings. The molecule has 1 aromatic heterocycles. The van der Waals surface area contributed by atoms with Gasteiger partial charge in [-0.2, -0.15) is 5.10 Å². The van der Waals surface area contributed by atoms with Crippen LogP contribution in [-0.2, 0) is 11.3 Å². The predicted molar refractivity (Wildman–Crippen MR) is 65.8 cm³/mol. The number of nitrogens with one attached hydrogen (secondary N) is 1. The van der Waals surface area contributed by atoms with Crippen LogP contribution < -0.4 is 0 Å². The minimum Gasteiger partial charge on any atom is -0.376 e. The molecule has 2 heterocycles. The van der Waals surface area contributed by atoms with Crippen molar-refractivity contribution in [2.45, 2.75) is 52.3 Å². The van der Waals surface area contributed by atoms with Crippen molar-refractivity contribution in [2.24, 2.45) is 0 Å². The number of aromatic amines is 1. The summed E-state index contributed by atoms with van der Waals surface area (Å²) in [5.74, 6) is 2.23. The highest BCUT2D eigenvalue weighted by Gasteiger charge is 2.26. The van der Waals surface area contributed by atoms with Crippen molar-refractivity contribution in [2.75, 3.05) is 13.2 Å². The van der Waals surface area contributed by atoms with E-state index in [-0.39, 0.29) is 6.10 Å². The van der Waals surface area contributed by atoms with Crippen LogP contribution in [0.3, 0.4) is 0 Å². The van der Waals surface area contributed by atoms with Crippen LogP contribution in [0.4, 0.5) is 0 Å².